The monoisotopic (exact) mass is 345 g/mol. The molecule has 0 radical (unpaired) electrons. The van der Waals surface area contributed by atoms with Gasteiger partial charge in [0, 0.05) is 0 Å². The van der Waals surface area contributed by atoms with E-state index in [2.05, 4.69) is 73.7 Å². The molecule has 0 N–H and O–H groups in total. The SMILES string of the molecule is CC1=Cc2c(-c3cccc4ccccc34)cccc2[CH]1[Zr]. The van der Waals surface area contributed by atoms with Gasteiger partial charge in [-0.25, -0.2) is 0 Å². The molecule has 21 heavy (non-hydrogen) atoms. The first-order valence-corrected chi connectivity index (χ1v) is 8.68. The van der Waals surface area contributed by atoms with Crippen LogP contribution in [0.3, 0.4) is 0 Å². The number of benzene rings is 3. The fourth-order valence-electron chi connectivity index (χ4n) is 3.25. The van der Waals surface area contributed by atoms with E-state index in [-0.39, 0.29) is 0 Å². The summed E-state index contributed by atoms with van der Waals surface area (Å²) in [6, 6.07) is 22.0. The van der Waals surface area contributed by atoms with Gasteiger partial charge in [0.2, 0.25) is 0 Å². The number of allylic oxidation sites excluding steroid dienone is 1. The molecule has 3 aromatic carbocycles. The number of rotatable bonds is 1. The number of fused-ring (bicyclic) bond motifs is 2. The maximum absolute atomic E-state index is 2.38. The third kappa shape index (κ3) is 2.07. The Labute approximate surface area is 140 Å². The molecule has 0 bridgehead atoms. The van der Waals surface area contributed by atoms with E-state index in [1.165, 1.54) is 38.6 Å². The van der Waals surface area contributed by atoms with Crippen LogP contribution in [0.4, 0.5) is 0 Å². The van der Waals surface area contributed by atoms with Crippen LogP contribution in [0.25, 0.3) is 28.0 Å². The molecule has 4 rings (SSSR count). The van der Waals surface area contributed by atoms with Crippen molar-refractivity contribution in [1.82, 2.24) is 0 Å². The Morgan fingerprint density at radius 3 is 2.43 bits per heavy atom. The van der Waals surface area contributed by atoms with Crippen LogP contribution in [-0.2, 0) is 24.7 Å². The van der Waals surface area contributed by atoms with E-state index in [4.69, 9.17) is 0 Å². The van der Waals surface area contributed by atoms with Gasteiger partial charge in [-0.05, 0) is 0 Å². The van der Waals surface area contributed by atoms with Gasteiger partial charge in [0.25, 0.3) is 0 Å². The van der Waals surface area contributed by atoms with Gasteiger partial charge in [0.15, 0.2) is 0 Å². The van der Waals surface area contributed by atoms with E-state index in [0.29, 0.717) is 3.63 Å². The average molecular weight is 347 g/mol. The standard InChI is InChI=1S/C20H15.Zr/c1-14-12-16-8-5-11-19(20(16)13-14)18-10-4-7-15-6-2-3-9-17(15)18;/h2-13H,1H3;. The van der Waals surface area contributed by atoms with Gasteiger partial charge in [0.05, 0.1) is 0 Å². The van der Waals surface area contributed by atoms with Gasteiger partial charge in [0.1, 0.15) is 0 Å². The molecular formula is C20H15Zr. The molecule has 0 heterocycles. The normalized spacial score (nSPS) is 16.8. The molecule has 1 atom stereocenters. The van der Waals surface area contributed by atoms with E-state index < -0.39 is 0 Å². The molecule has 0 aromatic heterocycles. The Morgan fingerprint density at radius 1 is 0.810 bits per heavy atom. The number of hydrogen-bond acceptors (Lipinski definition) is 0. The summed E-state index contributed by atoms with van der Waals surface area (Å²) in [6.45, 7) is 2.26. The summed E-state index contributed by atoms with van der Waals surface area (Å²) < 4.78 is 0.627. The van der Waals surface area contributed by atoms with Crippen molar-refractivity contribution >= 4 is 16.8 Å². The van der Waals surface area contributed by atoms with Crippen LogP contribution in [-0.4, -0.2) is 0 Å². The third-order valence-electron chi connectivity index (χ3n) is 4.36. The molecule has 0 saturated heterocycles. The summed E-state index contributed by atoms with van der Waals surface area (Å²) in [4.78, 5) is 0. The van der Waals surface area contributed by atoms with Crippen LogP contribution in [0, 0.1) is 0 Å². The van der Waals surface area contributed by atoms with Gasteiger partial charge in [-0.1, -0.05) is 0 Å². The van der Waals surface area contributed by atoms with Crippen LogP contribution in [0.1, 0.15) is 21.7 Å². The zero-order chi connectivity index (χ0) is 14.4. The topological polar surface area (TPSA) is 0 Å². The fraction of sp³-hybridized carbons (Fsp3) is 0.100. The summed E-state index contributed by atoms with van der Waals surface area (Å²) in [7, 11) is 0. The Bertz CT molecular complexity index is 869. The van der Waals surface area contributed by atoms with Crippen LogP contribution in [0.5, 0.6) is 0 Å². The second-order valence-electron chi connectivity index (χ2n) is 5.66. The summed E-state index contributed by atoms with van der Waals surface area (Å²) in [5.41, 5.74) is 7.13. The van der Waals surface area contributed by atoms with Crippen LogP contribution in [0.15, 0.2) is 66.2 Å². The molecule has 1 aliphatic carbocycles. The van der Waals surface area contributed by atoms with Gasteiger partial charge in [-0.15, -0.1) is 0 Å². The quantitative estimate of drug-likeness (QED) is 0.545. The van der Waals surface area contributed by atoms with Crippen molar-refractivity contribution in [3.8, 4) is 11.1 Å². The minimum atomic E-state index is 0.627. The van der Waals surface area contributed by atoms with Crippen molar-refractivity contribution in [2.45, 2.75) is 10.5 Å². The summed E-state index contributed by atoms with van der Waals surface area (Å²) in [6.07, 6.45) is 2.38. The molecule has 0 fully saturated rings. The second kappa shape index (κ2) is 5.07. The molecule has 1 unspecified atom stereocenters. The Morgan fingerprint density at radius 2 is 1.52 bits per heavy atom. The molecule has 0 aliphatic heterocycles. The Balaban J connectivity index is 2.04. The van der Waals surface area contributed by atoms with E-state index >= 15 is 0 Å². The second-order valence-corrected chi connectivity index (χ2v) is 7.08. The molecule has 0 spiro atoms. The predicted molar refractivity (Wildman–Crippen MR) is 85.8 cm³/mol. The van der Waals surface area contributed by atoms with Crippen molar-refractivity contribution in [1.29, 1.82) is 0 Å². The van der Waals surface area contributed by atoms with Crippen LogP contribution < -0.4 is 0 Å². The molecule has 1 heteroatoms. The van der Waals surface area contributed by atoms with Crippen molar-refractivity contribution < 1.29 is 24.7 Å². The van der Waals surface area contributed by atoms with Gasteiger partial charge >= 0.3 is 141 Å². The summed E-state index contributed by atoms with van der Waals surface area (Å²) in [5, 5.41) is 2.65. The van der Waals surface area contributed by atoms with E-state index in [0.717, 1.165) is 0 Å². The summed E-state index contributed by atoms with van der Waals surface area (Å²) in [5.74, 6) is 0. The molecule has 99 valence electrons. The predicted octanol–water partition coefficient (Wildman–Crippen LogP) is 5.51. The maximum atomic E-state index is 2.38. The number of hydrogen-bond donors (Lipinski definition) is 0. The first-order chi connectivity index (χ1) is 10.3. The third-order valence-corrected chi connectivity index (χ3v) is 6.24. The van der Waals surface area contributed by atoms with E-state index in [1.807, 2.05) is 0 Å². The molecule has 0 amide bonds. The van der Waals surface area contributed by atoms with Crippen LogP contribution in [0.2, 0.25) is 0 Å². The first kappa shape index (κ1) is 13.2. The molecule has 0 nitrogen and oxygen atoms in total. The van der Waals surface area contributed by atoms with Crippen molar-refractivity contribution in [3.05, 3.63) is 77.4 Å². The van der Waals surface area contributed by atoms with E-state index in [1.54, 1.807) is 24.7 Å². The average Bonchev–Trinajstić information content (AvgIpc) is 2.82. The fourth-order valence-corrected chi connectivity index (χ4v) is 4.07. The summed E-state index contributed by atoms with van der Waals surface area (Å²) >= 11 is 1.58. The van der Waals surface area contributed by atoms with E-state index in [9.17, 15) is 0 Å². The van der Waals surface area contributed by atoms with Crippen molar-refractivity contribution in [3.63, 3.8) is 0 Å². The Hall–Kier alpha value is -1.46. The van der Waals surface area contributed by atoms with Crippen LogP contribution >= 0.6 is 0 Å². The van der Waals surface area contributed by atoms with Crippen molar-refractivity contribution in [2.24, 2.45) is 0 Å². The van der Waals surface area contributed by atoms with Gasteiger partial charge in [-0.3, -0.25) is 0 Å². The Kier molecular flexibility index (Phi) is 3.19. The minimum absolute atomic E-state index is 0.627. The molecular weight excluding hydrogens is 331 g/mol. The van der Waals surface area contributed by atoms with Gasteiger partial charge in [-0.2, -0.15) is 0 Å². The molecule has 0 saturated carbocycles. The zero-order valence-electron chi connectivity index (χ0n) is 11.9. The first-order valence-electron chi connectivity index (χ1n) is 7.26. The molecule has 3 aromatic rings. The molecule has 1 aliphatic rings. The van der Waals surface area contributed by atoms with Crippen molar-refractivity contribution in [2.75, 3.05) is 0 Å². The zero-order valence-corrected chi connectivity index (χ0v) is 14.4. The van der Waals surface area contributed by atoms with Gasteiger partial charge < -0.3 is 0 Å².